The number of nitrogens with one attached hydrogen (secondary N) is 1. The quantitative estimate of drug-likeness (QED) is 0.219. The zero-order valence-corrected chi connectivity index (χ0v) is 23.1. The first-order valence-electron chi connectivity index (χ1n) is 14.2. The third kappa shape index (κ3) is 8.56. The monoisotopic (exact) mass is 571 g/mol. The number of hydrogen-bond acceptors (Lipinski definition) is 8. The molecular formula is C30H38FN3O7. The van der Waals surface area contributed by atoms with E-state index in [9.17, 15) is 18.8 Å². The Balaban J connectivity index is 1.09. The van der Waals surface area contributed by atoms with Crippen molar-refractivity contribution < 1.29 is 37.7 Å². The van der Waals surface area contributed by atoms with Gasteiger partial charge in [-0.2, -0.15) is 0 Å². The maximum Gasteiger partial charge on any atom is 0.261 e. The number of carbonyl (C=O) groups excluding carboxylic acids is 3. The average molecular weight is 572 g/mol. The number of nitrogens with two attached hydrogens (primary N) is 1. The van der Waals surface area contributed by atoms with Crippen LogP contribution in [-0.2, 0) is 19.0 Å². The van der Waals surface area contributed by atoms with E-state index in [-0.39, 0.29) is 42.8 Å². The first-order chi connectivity index (χ1) is 20.0. The Bertz CT molecular complexity index is 1160. The van der Waals surface area contributed by atoms with Crippen LogP contribution in [0.2, 0.25) is 0 Å². The summed E-state index contributed by atoms with van der Waals surface area (Å²) in [7, 11) is 0. The van der Waals surface area contributed by atoms with Gasteiger partial charge in [0.15, 0.2) is 17.9 Å². The fraction of sp³-hybridized carbons (Fsp3) is 0.500. The Morgan fingerprint density at radius 3 is 2.54 bits per heavy atom. The van der Waals surface area contributed by atoms with Gasteiger partial charge >= 0.3 is 0 Å². The van der Waals surface area contributed by atoms with Crippen LogP contribution in [0.25, 0.3) is 0 Å². The molecule has 0 radical (unpaired) electrons. The lowest BCUT2D eigenvalue weighted by Gasteiger charge is -2.15. The van der Waals surface area contributed by atoms with Crippen LogP contribution in [0.1, 0.15) is 71.1 Å². The average Bonchev–Trinajstić information content (AvgIpc) is 3.54. The number of hydrogen-bond donors (Lipinski definition) is 2. The summed E-state index contributed by atoms with van der Waals surface area (Å²) in [5.41, 5.74) is 6.88. The summed E-state index contributed by atoms with van der Waals surface area (Å²) in [5.74, 6) is -0.939. The number of nitrogens with zero attached hydrogens (tertiary/aromatic N) is 1. The molecule has 3 N–H and O–H groups in total. The van der Waals surface area contributed by atoms with Gasteiger partial charge in [-0.25, -0.2) is 4.39 Å². The van der Waals surface area contributed by atoms with E-state index in [1.807, 2.05) is 0 Å². The highest BCUT2D eigenvalue weighted by Gasteiger charge is 2.34. The Morgan fingerprint density at radius 1 is 1.02 bits per heavy atom. The van der Waals surface area contributed by atoms with Crippen molar-refractivity contribution in [2.24, 2.45) is 5.73 Å². The molecule has 2 aromatic carbocycles. The number of amides is 3. The molecule has 2 aliphatic heterocycles. The molecular weight excluding hydrogens is 533 g/mol. The predicted molar refractivity (Wildman–Crippen MR) is 148 cm³/mol. The molecule has 2 unspecified atom stereocenters. The molecule has 41 heavy (non-hydrogen) atoms. The second-order valence-corrected chi connectivity index (χ2v) is 9.97. The highest BCUT2D eigenvalue weighted by atomic mass is 19.1. The summed E-state index contributed by atoms with van der Waals surface area (Å²) < 4.78 is 37.2. The normalized spacial score (nSPS) is 18.1. The van der Waals surface area contributed by atoms with E-state index in [1.165, 1.54) is 17.0 Å². The Labute approximate surface area is 239 Å². The minimum atomic E-state index is -0.673. The van der Waals surface area contributed by atoms with Crippen molar-refractivity contribution in [3.8, 4) is 5.75 Å². The van der Waals surface area contributed by atoms with E-state index >= 15 is 0 Å². The number of fused-ring (bicyclic) bond motifs is 1. The Morgan fingerprint density at radius 2 is 1.80 bits per heavy atom. The van der Waals surface area contributed by atoms with Crippen LogP contribution in [0.4, 0.5) is 4.39 Å². The lowest BCUT2D eigenvalue weighted by Crippen LogP contribution is -2.30. The lowest BCUT2D eigenvalue weighted by molar-refractivity contribution is -0.121. The number of ether oxygens (including phenoxy) is 4. The molecule has 0 aromatic heterocycles. The SMILES string of the molecule is NCCCCC(=O)NCCOCCOc1ccc(C2OCC(CCCCN3C(=O)c4ccccc4C3=O)O2)cc1F. The van der Waals surface area contributed by atoms with E-state index in [2.05, 4.69) is 5.32 Å². The van der Waals surface area contributed by atoms with Crippen molar-refractivity contribution in [3.05, 3.63) is 65.0 Å². The van der Waals surface area contributed by atoms with Gasteiger partial charge in [-0.3, -0.25) is 19.3 Å². The van der Waals surface area contributed by atoms with Crippen LogP contribution in [0.15, 0.2) is 42.5 Å². The van der Waals surface area contributed by atoms with Crippen molar-refractivity contribution in [2.75, 3.05) is 46.1 Å². The van der Waals surface area contributed by atoms with Gasteiger partial charge in [-0.15, -0.1) is 0 Å². The largest absolute Gasteiger partial charge is 0.488 e. The molecule has 1 fully saturated rings. The second kappa shape index (κ2) is 15.6. The maximum atomic E-state index is 14.6. The molecule has 2 aromatic rings. The highest BCUT2D eigenvalue weighted by Crippen LogP contribution is 2.31. The summed E-state index contributed by atoms with van der Waals surface area (Å²) in [4.78, 5) is 37.9. The van der Waals surface area contributed by atoms with Gasteiger partial charge in [-0.05, 0) is 62.9 Å². The summed E-state index contributed by atoms with van der Waals surface area (Å²) in [6.07, 6.45) is 3.32. The van der Waals surface area contributed by atoms with E-state index in [0.717, 1.165) is 19.3 Å². The van der Waals surface area contributed by atoms with Gasteiger partial charge in [0, 0.05) is 25.1 Å². The number of halogens is 1. The molecule has 4 rings (SSSR count). The smallest absolute Gasteiger partial charge is 0.261 e. The zero-order chi connectivity index (χ0) is 29.0. The van der Waals surface area contributed by atoms with Crippen LogP contribution >= 0.6 is 0 Å². The van der Waals surface area contributed by atoms with Crippen LogP contribution in [0.3, 0.4) is 0 Å². The van der Waals surface area contributed by atoms with Crippen molar-refractivity contribution >= 4 is 17.7 Å². The predicted octanol–water partition coefficient (Wildman–Crippen LogP) is 3.35. The number of rotatable bonds is 17. The minimum Gasteiger partial charge on any atom is -0.488 e. The molecule has 0 aliphatic carbocycles. The first-order valence-corrected chi connectivity index (χ1v) is 14.2. The van der Waals surface area contributed by atoms with Crippen LogP contribution < -0.4 is 15.8 Å². The molecule has 0 saturated carbocycles. The molecule has 11 heteroatoms. The first kappa shape index (κ1) is 30.6. The third-order valence-electron chi connectivity index (χ3n) is 6.93. The van der Waals surface area contributed by atoms with Crippen LogP contribution in [0.5, 0.6) is 5.75 Å². The number of benzene rings is 2. The standard InChI is InChI=1S/C30H38FN3O7/c31-25-19-21(11-12-26(25)39-18-17-38-16-14-33-27(35)10-3-5-13-32)30-40-20-22(41-30)7-4-6-15-34-28(36)23-8-1-2-9-24(23)29(34)37/h1-2,8-9,11-12,19,22,30H,3-7,10,13-18,20,32H2,(H,33,35). The molecule has 0 spiro atoms. The van der Waals surface area contributed by atoms with Crippen LogP contribution in [-0.4, -0.2) is 74.8 Å². The molecule has 2 atom stereocenters. The second-order valence-electron chi connectivity index (χ2n) is 9.97. The van der Waals surface area contributed by atoms with Gasteiger partial charge < -0.3 is 30.0 Å². The molecule has 0 bridgehead atoms. The van der Waals surface area contributed by atoms with Crippen molar-refractivity contribution in [1.82, 2.24) is 10.2 Å². The van der Waals surface area contributed by atoms with E-state index in [1.54, 1.807) is 30.3 Å². The lowest BCUT2D eigenvalue weighted by atomic mass is 10.1. The summed E-state index contributed by atoms with van der Waals surface area (Å²) >= 11 is 0. The Kier molecular flexibility index (Phi) is 11.6. The van der Waals surface area contributed by atoms with Gasteiger partial charge in [0.2, 0.25) is 5.91 Å². The molecule has 3 amide bonds. The van der Waals surface area contributed by atoms with E-state index < -0.39 is 12.1 Å². The summed E-state index contributed by atoms with van der Waals surface area (Å²) in [6.45, 7) is 2.48. The van der Waals surface area contributed by atoms with Gasteiger partial charge in [-0.1, -0.05) is 18.2 Å². The number of unbranched alkanes of at least 4 members (excludes halogenated alkanes) is 2. The van der Waals surface area contributed by atoms with Crippen LogP contribution in [0, 0.1) is 5.82 Å². The number of imide groups is 1. The summed E-state index contributed by atoms with van der Waals surface area (Å²) in [6, 6.07) is 11.4. The molecule has 2 aliphatic rings. The van der Waals surface area contributed by atoms with E-state index in [0.29, 0.717) is 68.8 Å². The zero-order valence-electron chi connectivity index (χ0n) is 23.1. The minimum absolute atomic E-state index is 0.0263. The van der Waals surface area contributed by atoms with Gasteiger partial charge in [0.05, 0.1) is 37.1 Å². The fourth-order valence-corrected chi connectivity index (χ4v) is 4.73. The third-order valence-corrected chi connectivity index (χ3v) is 6.93. The van der Waals surface area contributed by atoms with Crippen molar-refractivity contribution in [3.63, 3.8) is 0 Å². The molecule has 1 saturated heterocycles. The highest BCUT2D eigenvalue weighted by molar-refractivity contribution is 6.21. The topological polar surface area (TPSA) is 129 Å². The fourth-order valence-electron chi connectivity index (χ4n) is 4.73. The van der Waals surface area contributed by atoms with Crippen molar-refractivity contribution in [2.45, 2.75) is 50.9 Å². The summed E-state index contributed by atoms with van der Waals surface area (Å²) in [5, 5.41) is 2.77. The van der Waals surface area contributed by atoms with E-state index in [4.69, 9.17) is 24.7 Å². The maximum absolute atomic E-state index is 14.6. The van der Waals surface area contributed by atoms with Gasteiger partial charge in [0.25, 0.3) is 11.8 Å². The molecule has 222 valence electrons. The molecule has 2 heterocycles. The number of carbonyl (C=O) groups is 3. The van der Waals surface area contributed by atoms with Gasteiger partial charge in [0.1, 0.15) is 6.61 Å². The molecule has 10 nitrogen and oxygen atoms in total. The van der Waals surface area contributed by atoms with Crippen molar-refractivity contribution in [1.29, 1.82) is 0 Å². The Hall–Kier alpha value is -3.38.